The zero-order valence-electron chi connectivity index (χ0n) is 12.0. The van der Waals surface area contributed by atoms with Crippen molar-refractivity contribution >= 4 is 17.8 Å². The Morgan fingerprint density at radius 1 is 1.00 bits per heavy atom. The maximum Gasteiger partial charge on any atom is 0.328 e. The lowest BCUT2D eigenvalue weighted by molar-refractivity contribution is -0.145. The summed E-state index contributed by atoms with van der Waals surface area (Å²) < 4.78 is 4.51. The van der Waals surface area contributed by atoms with E-state index in [4.69, 9.17) is 5.73 Å². The van der Waals surface area contributed by atoms with Crippen molar-refractivity contribution in [3.8, 4) is 0 Å². The van der Waals surface area contributed by atoms with Crippen LogP contribution in [0.4, 0.5) is 0 Å². The van der Waals surface area contributed by atoms with E-state index < -0.39 is 35.9 Å². The van der Waals surface area contributed by atoms with Crippen LogP contribution in [0.1, 0.15) is 27.7 Å². The number of rotatable bonds is 6. The van der Waals surface area contributed by atoms with E-state index >= 15 is 0 Å². The summed E-state index contributed by atoms with van der Waals surface area (Å²) in [4.78, 5) is 34.8. The molecule has 0 rings (SSSR count). The molecule has 0 saturated heterocycles. The van der Waals surface area contributed by atoms with Gasteiger partial charge < -0.3 is 21.1 Å². The third-order valence-corrected chi connectivity index (χ3v) is 2.57. The normalized spacial score (nSPS) is 15.3. The first kappa shape index (κ1) is 17.4. The number of nitrogens with two attached hydrogens (primary N) is 1. The summed E-state index contributed by atoms with van der Waals surface area (Å²) in [6.45, 7) is 6.61. The van der Waals surface area contributed by atoms with Crippen molar-refractivity contribution < 1.29 is 19.1 Å². The largest absolute Gasteiger partial charge is 0.467 e. The van der Waals surface area contributed by atoms with Gasteiger partial charge >= 0.3 is 5.97 Å². The van der Waals surface area contributed by atoms with Crippen LogP contribution < -0.4 is 16.4 Å². The highest BCUT2D eigenvalue weighted by Gasteiger charge is 2.27. The second-order valence-electron chi connectivity index (χ2n) is 4.77. The Morgan fingerprint density at radius 3 is 1.89 bits per heavy atom. The lowest BCUT2D eigenvalue weighted by Gasteiger charge is -2.24. The van der Waals surface area contributed by atoms with E-state index in [0.29, 0.717) is 0 Å². The second-order valence-corrected chi connectivity index (χ2v) is 4.77. The zero-order chi connectivity index (χ0) is 15.2. The summed E-state index contributed by atoms with van der Waals surface area (Å²) in [5.41, 5.74) is 5.44. The topological polar surface area (TPSA) is 111 Å². The third kappa shape index (κ3) is 5.69. The first-order valence-electron chi connectivity index (χ1n) is 6.14. The van der Waals surface area contributed by atoms with Crippen LogP contribution in [0.2, 0.25) is 0 Å². The van der Waals surface area contributed by atoms with Gasteiger partial charge in [0.1, 0.15) is 12.1 Å². The summed E-state index contributed by atoms with van der Waals surface area (Å²) in [6.07, 6.45) is 0. The molecule has 0 aromatic carbocycles. The lowest BCUT2D eigenvalue weighted by Crippen LogP contribution is -2.55. The Balaban J connectivity index is 4.67. The summed E-state index contributed by atoms with van der Waals surface area (Å²) in [6, 6.07) is -2.22. The standard InChI is InChI=1S/C12H23N3O4/c1-6(2)9(15-10(16)7(3)13)11(17)14-8(4)12(18)19-5/h6-9H,13H2,1-5H3,(H,14,17)(H,15,16)/t7-,8-,9-/m0/s1. The number of ether oxygens (including phenoxy) is 1. The van der Waals surface area contributed by atoms with Gasteiger partial charge in [0, 0.05) is 0 Å². The minimum Gasteiger partial charge on any atom is -0.467 e. The summed E-state index contributed by atoms with van der Waals surface area (Å²) in [5.74, 6) is -1.54. The van der Waals surface area contributed by atoms with Crippen molar-refractivity contribution in [2.24, 2.45) is 11.7 Å². The molecule has 19 heavy (non-hydrogen) atoms. The monoisotopic (exact) mass is 273 g/mol. The maximum absolute atomic E-state index is 12.0. The van der Waals surface area contributed by atoms with Gasteiger partial charge in [-0.25, -0.2) is 4.79 Å². The van der Waals surface area contributed by atoms with Gasteiger partial charge in [-0.05, 0) is 19.8 Å². The average Bonchev–Trinajstić information content (AvgIpc) is 2.33. The smallest absolute Gasteiger partial charge is 0.328 e. The summed E-state index contributed by atoms with van der Waals surface area (Å²) in [7, 11) is 1.24. The Kier molecular flexibility index (Phi) is 7.06. The molecule has 4 N–H and O–H groups in total. The fourth-order valence-corrected chi connectivity index (χ4v) is 1.36. The lowest BCUT2D eigenvalue weighted by atomic mass is 10.0. The van der Waals surface area contributed by atoms with Crippen LogP contribution in [0, 0.1) is 5.92 Å². The highest BCUT2D eigenvalue weighted by Crippen LogP contribution is 2.03. The molecule has 0 aliphatic heterocycles. The van der Waals surface area contributed by atoms with Crippen LogP contribution in [-0.2, 0) is 19.1 Å². The van der Waals surface area contributed by atoms with E-state index in [1.54, 1.807) is 13.8 Å². The van der Waals surface area contributed by atoms with E-state index in [9.17, 15) is 14.4 Å². The van der Waals surface area contributed by atoms with Gasteiger partial charge in [0.15, 0.2) is 0 Å². The molecule has 3 atom stereocenters. The number of nitrogens with one attached hydrogen (secondary N) is 2. The Labute approximate surface area is 113 Å². The molecule has 7 nitrogen and oxygen atoms in total. The van der Waals surface area contributed by atoms with Gasteiger partial charge in [-0.3, -0.25) is 9.59 Å². The predicted octanol–water partition coefficient (Wildman–Crippen LogP) is -0.848. The van der Waals surface area contributed by atoms with Gasteiger partial charge in [-0.1, -0.05) is 13.8 Å². The number of amides is 2. The van der Waals surface area contributed by atoms with Crippen LogP contribution in [-0.4, -0.2) is 43.0 Å². The van der Waals surface area contributed by atoms with E-state index in [1.807, 2.05) is 0 Å². The van der Waals surface area contributed by atoms with Crippen molar-refractivity contribution in [2.45, 2.75) is 45.8 Å². The van der Waals surface area contributed by atoms with Crippen molar-refractivity contribution in [2.75, 3.05) is 7.11 Å². The van der Waals surface area contributed by atoms with Gasteiger partial charge in [0.2, 0.25) is 11.8 Å². The highest BCUT2D eigenvalue weighted by molar-refractivity contribution is 5.91. The van der Waals surface area contributed by atoms with Gasteiger partial charge in [-0.15, -0.1) is 0 Å². The number of hydrogen-bond acceptors (Lipinski definition) is 5. The van der Waals surface area contributed by atoms with Gasteiger partial charge in [-0.2, -0.15) is 0 Å². The first-order chi connectivity index (χ1) is 8.70. The molecule has 0 aromatic rings. The van der Waals surface area contributed by atoms with E-state index in [0.717, 1.165) is 0 Å². The molecule has 0 aliphatic carbocycles. The van der Waals surface area contributed by atoms with E-state index in [2.05, 4.69) is 15.4 Å². The third-order valence-electron chi connectivity index (χ3n) is 2.57. The molecular weight excluding hydrogens is 250 g/mol. The van der Waals surface area contributed by atoms with Crippen molar-refractivity contribution in [3.05, 3.63) is 0 Å². The van der Waals surface area contributed by atoms with E-state index in [1.165, 1.54) is 21.0 Å². The molecular formula is C12H23N3O4. The molecule has 0 unspecified atom stereocenters. The quantitative estimate of drug-likeness (QED) is 0.546. The Hall–Kier alpha value is -1.63. The number of hydrogen-bond donors (Lipinski definition) is 3. The van der Waals surface area contributed by atoms with Crippen molar-refractivity contribution in [1.82, 2.24) is 10.6 Å². The Bertz CT molecular complexity index is 342. The predicted molar refractivity (Wildman–Crippen MR) is 70.0 cm³/mol. The number of carbonyl (C=O) groups excluding carboxylic acids is 3. The molecule has 0 spiro atoms. The molecule has 0 heterocycles. The maximum atomic E-state index is 12.0. The molecule has 2 amide bonds. The van der Waals surface area contributed by atoms with Crippen LogP contribution in [0.5, 0.6) is 0 Å². The average molecular weight is 273 g/mol. The van der Waals surface area contributed by atoms with Crippen molar-refractivity contribution in [3.63, 3.8) is 0 Å². The second kappa shape index (κ2) is 7.73. The molecule has 0 radical (unpaired) electrons. The SMILES string of the molecule is COC(=O)[C@H](C)NC(=O)[C@@H](NC(=O)[C@H](C)N)C(C)C. The molecule has 0 fully saturated rings. The molecule has 7 heteroatoms. The van der Waals surface area contributed by atoms with Crippen LogP contribution in [0.3, 0.4) is 0 Å². The zero-order valence-corrected chi connectivity index (χ0v) is 12.0. The van der Waals surface area contributed by atoms with Gasteiger partial charge in [0.25, 0.3) is 0 Å². The number of methoxy groups -OCH3 is 1. The minimum atomic E-state index is -0.772. The fraction of sp³-hybridized carbons (Fsp3) is 0.750. The van der Waals surface area contributed by atoms with E-state index in [-0.39, 0.29) is 5.92 Å². The minimum absolute atomic E-state index is 0.132. The van der Waals surface area contributed by atoms with Crippen LogP contribution in [0.15, 0.2) is 0 Å². The molecule has 0 aromatic heterocycles. The number of esters is 1. The Morgan fingerprint density at radius 2 is 1.53 bits per heavy atom. The summed E-state index contributed by atoms with van der Waals surface area (Å²) >= 11 is 0. The van der Waals surface area contributed by atoms with Crippen LogP contribution >= 0.6 is 0 Å². The van der Waals surface area contributed by atoms with Crippen molar-refractivity contribution in [1.29, 1.82) is 0 Å². The highest BCUT2D eigenvalue weighted by atomic mass is 16.5. The molecule has 0 saturated carbocycles. The van der Waals surface area contributed by atoms with Gasteiger partial charge in [0.05, 0.1) is 13.2 Å². The molecule has 0 aliphatic rings. The summed E-state index contributed by atoms with van der Waals surface area (Å²) in [5, 5.41) is 5.04. The molecule has 0 bridgehead atoms. The number of carbonyl (C=O) groups is 3. The first-order valence-corrected chi connectivity index (χ1v) is 6.14. The fourth-order valence-electron chi connectivity index (χ4n) is 1.36. The molecule has 110 valence electrons. The van der Waals surface area contributed by atoms with Crippen LogP contribution in [0.25, 0.3) is 0 Å².